The van der Waals surface area contributed by atoms with Crippen molar-refractivity contribution in [2.45, 2.75) is 78.0 Å². The van der Waals surface area contributed by atoms with Gasteiger partial charge in [0.25, 0.3) is 0 Å². The van der Waals surface area contributed by atoms with Gasteiger partial charge >= 0.3 is 0 Å². The van der Waals surface area contributed by atoms with Crippen molar-refractivity contribution < 1.29 is 14.6 Å². The van der Waals surface area contributed by atoms with Crippen molar-refractivity contribution in [2.24, 2.45) is 5.92 Å². The van der Waals surface area contributed by atoms with Gasteiger partial charge in [-0.15, -0.1) is 5.92 Å². The molecule has 0 radical (unpaired) electrons. The Labute approximate surface area is 111 Å². The summed E-state index contributed by atoms with van der Waals surface area (Å²) in [4.78, 5) is 0. The van der Waals surface area contributed by atoms with Crippen LogP contribution in [0.3, 0.4) is 0 Å². The van der Waals surface area contributed by atoms with Crippen LogP contribution in [0.2, 0.25) is 0 Å². The summed E-state index contributed by atoms with van der Waals surface area (Å²) in [7, 11) is 0. The number of aliphatic hydroxyl groups is 1. The molecule has 0 aromatic heterocycles. The predicted molar refractivity (Wildman–Crippen MR) is 72.0 cm³/mol. The summed E-state index contributed by atoms with van der Waals surface area (Å²) in [5, 5.41) is 10.1. The zero-order valence-corrected chi connectivity index (χ0v) is 12.2. The molecule has 1 rings (SSSR count). The second kappa shape index (κ2) is 6.56. The first-order chi connectivity index (χ1) is 8.35. The molecule has 0 spiro atoms. The van der Waals surface area contributed by atoms with Crippen LogP contribution in [0.15, 0.2) is 0 Å². The minimum Gasteiger partial charge on any atom is -0.378 e. The lowest BCUT2D eigenvalue weighted by atomic mass is 10.0. The Morgan fingerprint density at radius 1 is 1.28 bits per heavy atom. The summed E-state index contributed by atoms with van der Waals surface area (Å²) in [6, 6.07) is 0. The van der Waals surface area contributed by atoms with E-state index in [-0.39, 0.29) is 12.2 Å². The van der Waals surface area contributed by atoms with E-state index in [0.29, 0.717) is 5.92 Å². The van der Waals surface area contributed by atoms with Crippen LogP contribution in [0.5, 0.6) is 0 Å². The lowest BCUT2D eigenvalue weighted by Gasteiger charge is -2.18. The number of hydrogen-bond acceptors (Lipinski definition) is 3. The Kier molecular flexibility index (Phi) is 5.65. The molecular weight excluding hydrogens is 228 g/mol. The molecule has 1 fully saturated rings. The zero-order valence-electron chi connectivity index (χ0n) is 12.2. The maximum absolute atomic E-state index is 10.1. The van der Waals surface area contributed by atoms with Gasteiger partial charge in [-0.2, -0.15) is 0 Å². The molecule has 1 saturated heterocycles. The van der Waals surface area contributed by atoms with E-state index < -0.39 is 11.9 Å². The fourth-order valence-electron chi connectivity index (χ4n) is 2.09. The minimum absolute atomic E-state index is 0.0617. The van der Waals surface area contributed by atoms with Crippen LogP contribution < -0.4 is 0 Å². The number of hydrogen-bond donors (Lipinski definition) is 1. The Hall–Kier alpha value is -0.560. The standard InChI is InChI=1S/C15H26O3/c1-6-8-13-14(18-15(4,5)17-13)12(16)10-7-9-11(2)3/h11-14,16H,6,8-9H2,1-5H3/t12?,13-,14?/m0/s1. The predicted octanol–water partition coefficient (Wildman–Crippen LogP) is 2.72. The van der Waals surface area contributed by atoms with Gasteiger partial charge in [0.2, 0.25) is 0 Å². The summed E-state index contributed by atoms with van der Waals surface area (Å²) in [6.07, 6.45) is 1.53. The summed E-state index contributed by atoms with van der Waals surface area (Å²) in [5.41, 5.74) is 0. The SMILES string of the molecule is CCC[C@@H]1OC(C)(C)OC1C(O)C#CCC(C)C. The molecule has 1 heterocycles. The molecule has 1 aliphatic rings. The molecule has 104 valence electrons. The van der Waals surface area contributed by atoms with Crippen LogP contribution in [0, 0.1) is 17.8 Å². The molecule has 3 nitrogen and oxygen atoms in total. The summed E-state index contributed by atoms with van der Waals surface area (Å²) < 4.78 is 11.6. The smallest absolute Gasteiger partial charge is 0.163 e. The van der Waals surface area contributed by atoms with E-state index in [1.807, 2.05) is 13.8 Å². The fourth-order valence-corrected chi connectivity index (χ4v) is 2.09. The second-order valence-electron chi connectivity index (χ2n) is 5.79. The number of rotatable bonds is 4. The van der Waals surface area contributed by atoms with Gasteiger partial charge < -0.3 is 14.6 Å². The molecule has 0 saturated carbocycles. The van der Waals surface area contributed by atoms with Crippen molar-refractivity contribution in [1.82, 2.24) is 0 Å². The molecule has 1 N–H and O–H groups in total. The van der Waals surface area contributed by atoms with Gasteiger partial charge in [0, 0.05) is 6.42 Å². The molecule has 0 amide bonds. The van der Waals surface area contributed by atoms with E-state index in [9.17, 15) is 5.11 Å². The first kappa shape index (κ1) is 15.5. The van der Waals surface area contributed by atoms with Crippen LogP contribution in [0.25, 0.3) is 0 Å². The molecule has 3 heteroatoms. The van der Waals surface area contributed by atoms with Gasteiger partial charge in [-0.1, -0.05) is 33.1 Å². The van der Waals surface area contributed by atoms with Crippen molar-refractivity contribution >= 4 is 0 Å². The third kappa shape index (κ3) is 4.61. The van der Waals surface area contributed by atoms with Gasteiger partial charge in [0.1, 0.15) is 12.2 Å². The highest BCUT2D eigenvalue weighted by atomic mass is 16.8. The van der Waals surface area contributed by atoms with Crippen molar-refractivity contribution in [1.29, 1.82) is 0 Å². The lowest BCUT2D eigenvalue weighted by Crippen LogP contribution is -2.34. The van der Waals surface area contributed by atoms with Crippen molar-refractivity contribution in [3.05, 3.63) is 0 Å². The maximum atomic E-state index is 10.1. The third-order valence-electron chi connectivity index (χ3n) is 2.87. The van der Waals surface area contributed by atoms with Crippen molar-refractivity contribution in [3.63, 3.8) is 0 Å². The number of ether oxygens (including phenoxy) is 2. The highest BCUT2D eigenvalue weighted by Gasteiger charge is 2.43. The van der Waals surface area contributed by atoms with Crippen LogP contribution in [0.1, 0.15) is 53.9 Å². The van der Waals surface area contributed by atoms with Crippen LogP contribution in [-0.2, 0) is 9.47 Å². The van der Waals surface area contributed by atoms with Crippen LogP contribution in [-0.4, -0.2) is 29.2 Å². The minimum atomic E-state index is -0.762. The third-order valence-corrected chi connectivity index (χ3v) is 2.87. The topological polar surface area (TPSA) is 38.7 Å². The maximum Gasteiger partial charge on any atom is 0.163 e. The molecule has 3 atom stereocenters. The first-order valence-electron chi connectivity index (χ1n) is 6.88. The Bertz CT molecular complexity index is 311. The Morgan fingerprint density at radius 2 is 1.94 bits per heavy atom. The van der Waals surface area contributed by atoms with Crippen molar-refractivity contribution in [3.8, 4) is 11.8 Å². The lowest BCUT2D eigenvalue weighted by molar-refractivity contribution is -0.152. The molecule has 2 unspecified atom stereocenters. The second-order valence-corrected chi connectivity index (χ2v) is 5.79. The molecule has 1 aliphatic heterocycles. The van der Waals surface area contributed by atoms with Gasteiger partial charge in [0.15, 0.2) is 5.79 Å². The molecule has 0 aliphatic carbocycles. The molecular formula is C15H26O3. The molecule has 18 heavy (non-hydrogen) atoms. The van der Waals surface area contributed by atoms with Crippen LogP contribution >= 0.6 is 0 Å². The van der Waals surface area contributed by atoms with Crippen molar-refractivity contribution in [2.75, 3.05) is 0 Å². The first-order valence-corrected chi connectivity index (χ1v) is 6.88. The summed E-state index contributed by atoms with van der Waals surface area (Å²) >= 11 is 0. The van der Waals surface area contributed by atoms with E-state index in [1.165, 1.54) is 0 Å². The van der Waals surface area contributed by atoms with Crippen LogP contribution in [0.4, 0.5) is 0 Å². The van der Waals surface area contributed by atoms with E-state index in [1.54, 1.807) is 0 Å². The van der Waals surface area contributed by atoms with Gasteiger partial charge in [-0.25, -0.2) is 0 Å². The average Bonchev–Trinajstić information content (AvgIpc) is 2.54. The molecule has 0 aromatic rings. The number of aliphatic hydroxyl groups excluding tert-OH is 1. The van der Waals surface area contributed by atoms with Gasteiger partial charge in [-0.3, -0.25) is 0 Å². The van der Waals surface area contributed by atoms with E-state index in [4.69, 9.17) is 9.47 Å². The Morgan fingerprint density at radius 3 is 2.50 bits per heavy atom. The van der Waals surface area contributed by atoms with E-state index in [0.717, 1.165) is 19.3 Å². The largest absolute Gasteiger partial charge is 0.378 e. The molecule has 0 aromatic carbocycles. The quantitative estimate of drug-likeness (QED) is 0.784. The summed E-state index contributed by atoms with van der Waals surface area (Å²) in [5.74, 6) is 5.80. The fraction of sp³-hybridized carbons (Fsp3) is 0.867. The zero-order chi connectivity index (χ0) is 13.8. The average molecular weight is 254 g/mol. The van der Waals surface area contributed by atoms with E-state index in [2.05, 4.69) is 32.6 Å². The normalized spacial score (nSPS) is 27.9. The molecule has 0 bridgehead atoms. The Balaban J connectivity index is 2.63. The van der Waals surface area contributed by atoms with Gasteiger partial charge in [-0.05, 0) is 26.2 Å². The summed E-state index contributed by atoms with van der Waals surface area (Å²) in [6.45, 7) is 10.1. The highest BCUT2D eigenvalue weighted by molar-refractivity contribution is 5.09. The highest BCUT2D eigenvalue weighted by Crippen LogP contribution is 2.32. The monoisotopic (exact) mass is 254 g/mol. The van der Waals surface area contributed by atoms with E-state index >= 15 is 0 Å². The van der Waals surface area contributed by atoms with Gasteiger partial charge in [0.05, 0.1) is 6.10 Å².